The maximum atomic E-state index is 13.0. The number of nitrogens with zero attached hydrogens (tertiary/aromatic N) is 6. The first kappa shape index (κ1) is 30.2. The van der Waals surface area contributed by atoms with E-state index in [4.69, 9.17) is 15.5 Å². The highest BCUT2D eigenvalue weighted by molar-refractivity contribution is 5.95. The van der Waals surface area contributed by atoms with Crippen LogP contribution in [0.1, 0.15) is 77.7 Å². The van der Waals surface area contributed by atoms with Crippen molar-refractivity contribution in [1.29, 1.82) is 0 Å². The molecule has 2 saturated heterocycles. The Kier molecular flexibility index (Phi) is 9.84. The number of nitrogens with two attached hydrogens (primary N) is 1. The fraction of sp³-hybridized carbons (Fsp3) is 0.741. The summed E-state index contributed by atoms with van der Waals surface area (Å²) in [5.74, 6) is 0.203. The van der Waals surface area contributed by atoms with Crippen molar-refractivity contribution in [2.45, 2.75) is 91.0 Å². The van der Waals surface area contributed by atoms with Crippen molar-refractivity contribution in [3.63, 3.8) is 0 Å². The van der Waals surface area contributed by atoms with Crippen molar-refractivity contribution in [1.82, 2.24) is 24.7 Å². The van der Waals surface area contributed by atoms with Crippen molar-refractivity contribution < 1.29 is 19.1 Å². The van der Waals surface area contributed by atoms with Crippen LogP contribution in [0.4, 0.5) is 21.2 Å². The molecule has 218 valence electrons. The average Bonchev–Trinajstić information content (AvgIpc) is 3.20. The quantitative estimate of drug-likeness (QED) is 0.457. The smallest absolute Gasteiger partial charge is 0.410 e. The molecule has 0 aromatic carbocycles. The van der Waals surface area contributed by atoms with Crippen molar-refractivity contribution in [3.05, 3.63) is 11.9 Å². The molecular formula is C27H46N8O4. The molecule has 2 aliphatic heterocycles. The summed E-state index contributed by atoms with van der Waals surface area (Å²) in [6.45, 7) is 14.9. The normalized spacial score (nSPS) is 19.6. The Morgan fingerprint density at radius 1 is 1.26 bits per heavy atom. The number of rotatable bonds is 10. The summed E-state index contributed by atoms with van der Waals surface area (Å²) in [6.07, 6.45) is 4.80. The minimum Gasteiger partial charge on any atom is -0.444 e. The number of piperidine rings is 1. The third-order valence-electron chi connectivity index (χ3n) is 7.36. The van der Waals surface area contributed by atoms with E-state index in [9.17, 15) is 14.4 Å². The largest absolute Gasteiger partial charge is 0.444 e. The Morgan fingerprint density at radius 3 is 2.56 bits per heavy atom. The zero-order chi connectivity index (χ0) is 28.9. The Balaban J connectivity index is 1.80. The van der Waals surface area contributed by atoms with Crippen LogP contribution in [0.2, 0.25) is 0 Å². The first-order valence-corrected chi connectivity index (χ1v) is 14.0. The number of hydrogen-bond acceptors (Lipinski definition) is 8. The van der Waals surface area contributed by atoms with Crippen LogP contribution in [0.15, 0.2) is 6.20 Å². The maximum Gasteiger partial charge on any atom is 0.410 e. The fourth-order valence-corrected chi connectivity index (χ4v) is 4.95. The van der Waals surface area contributed by atoms with Gasteiger partial charge in [0.2, 0.25) is 0 Å². The van der Waals surface area contributed by atoms with Crippen LogP contribution in [0.25, 0.3) is 0 Å². The van der Waals surface area contributed by atoms with Gasteiger partial charge in [0.15, 0.2) is 11.5 Å². The molecule has 3 N–H and O–H groups in total. The molecule has 12 heteroatoms. The van der Waals surface area contributed by atoms with Crippen LogP contribution < -0.4 is 16.0 Å². The predicted octanol–water partition coefficient (Wildman–Crippen LogP) is 3.14. The molecule has 3 heterocycles. The number of ether oxygens (including phenoxy) is 1. The van der Waals surface area contributed by atoms with Gasteiger partial charge in [0.25, 0.3) is 5.91 Å². The lowest BCUT2D eigenvalue weighted by Gasteiger charge is -2.38. The number of anilines is 2. The van der Waals surface area contributed by atoms with Crippen LogP contribution in [-0.2, 0) is 4.74 Å². The molecule has 1 unspecified atom stereocenters. The lowest BCUT2D eigenvalue weighted by atomic mass is 10.0. The van der Waals surface area contributed by atoms with Gasteiger partial charge in [0, 0.05) is 45.8 Å². The third kappa shape index (κ3) is 7.63. The van der Waals surface area contributed by atoms with Gasteiger partial charge in [0.05, 0.1) is 18.3 Å². The lowest BCUT2D eigenvalue weighted by Crippen LogP contribution is -2.50. The third-order valence-corrected chi connectivity index (χ3v) is 7.36. The second-order valence-electron chi connectivity index (χ2n) is 11.6. The van der Waals surface area contributed by atoms with Gasteiger partial charge in [-0.3, -0.25) is 4.79 Å². The number of carbonyl (C=O) groups excluding carboxylic acids is 3. The van der Waals surface area contributed by atoms with Crippen LogP contribution >= 0.6 is 0 Å². The molecule has 0 bridgehead atoms. The predicted molar refractivity (Wildman–Crippen MR) is 151 cm³/mol. The summed E-state index contributed by atoms with van der Waals surface area (Å²) in [6, 6.07) is -0.413. The summed E-state index contributed by atoms with van der Waals surface area (Å²) in [7, 11) is 1.82. The molecule has 1 aromatic rings. The minimum absolute atomic E-state index is 0.0417. The van der Waals surface area contributed by atoms with Crippen molar-refractivity contribution in [2.24, 2.45) is 5.73 Å². The van der Waals surface area contributed by atoms with E-state index in [2.05, 4.69) is 22.1 Å². The Hall–Kier alpha value is -3.31. The van der Waals surface area contributed by atoms with Crippen molar-refractivity contribution in [2.75, 3.05) is 50.0 Å². The van der Waals surface area contributed by atoms with Gasteiger partial charge >= 0.3 is 12.1 Å². The summed E-state index contributed by atoms with van der Waals surface area (Å²) in [5.41, 5.74) is 5.07. The number of urea groups is 1. The number of likely N-dealkylation sites (N-methyl/N-ethyl adjacent to an activating group) is 1. The highest BCUT2D eigenvalue weighted by Gasteiger charge is 2.35. The van der Waals surface area contributed by atoms with E-state index in [0.29, 0.717) is 25.5 Å². The van der Waals surface area contributed by atoms with Crippen LogP contribution in [-0.4, -0.2) is 106 Å². The number of amides is 4. The molecule has 2 fully saturated rings. The number of unbranched alkanes of at least 4 members (excludes halogenated alkanes) is 1. The van der Waals surface area contributed by atoms with Crippen LogP contribution in [0.3, 0.4) is 0 Å². The molecule has 2 aliphatic rings. The molecule has 3 atom stereocenters. The first-order chi connectivity index (χ1) is 18.3. The maximum absolute atomic E-state index is 13.0. The second kappa shape index (κ2) is 12.7. The highest BCUT2D eigenvalue weighted by atomic mass is 16.6. The van der Waals surface area contributed by atoms with Crippen molar-refractivity contribution in [3.8, 4) is 0 Å². The van der Waals surface area contributed by atoms with E-state index in [1.807, 2.05) is 46.6 Å². The van der Waals surface area contributed by atoms with Gasteiger partial charge in [-0.2, -0.15) is 0 Å². The molecule has 39 heavy (non-hydrogen) atoms. The van der Waals surface area contributed by atoms with E-state index in [1.165, 1.54) is 0 Å². The fourth-order valence-electron chi connectivity index (χ4n) is 4.95. The summed E-state index contributed by atoms with van der Waals surface area (Å²) >= 11 is 0. The zero-order valence-corrected chi connectivity index (χ0v) is 24.6. The molecule has 12 nitrogen and oxygen atoms in total. The molecule has 0 saturated carbocycles. The lowest BCUT2D eigenvalue weighted by molar-refractivity contribution is 0.0160. The van der Waals surface area contributed by atoms with Crippen molar-refractivity contribution >= 4 is 29.7 Å². The molecule has 0 aliphatic carbocycles. The Labute approximate surface area is 232 Å². The number of nitrogens with one attached hydrogen (secondary N) is 1. The van der Waals surface area contributed by atoms with Gasteiger partial charge in [0.1, 0.15) is 11.4 Å². The number of hydrogen-bond donors (Lipinski definition) is 2. The summed E-state index contributed by atoms with van der Waals surface area (Å²) in [4.78, 5) is 54.4. The van der Waals surface area contributed by atoms with E-state index in [-0.39, 0.29) is 41.8 Å². The second-order valence-corrected chi connectivity index (χ2v) is 11.6. The summed E-state index contributed by atoms with van der Waals surface area (Å²) in [5, 5.41) is 3.30. The minimum atomic E-state index is -0.686. The highest BCUT2D eigenvalue weighted by Crippen LogP contribution is 2.26. The van der Waals surface area contributed by atoms with E-state index >= 15 is 0 Å². The van der Waals surface area contributed by atoms with Gasteiger partial charge in [-0.15, -0.1) is 0 Å². The standard InChI is InChI=1S/C27H46N8O4/c1-8-9-13-34(26(38)39-27(4,5)6)19(3)18(2)30-24-22(23(28)36)29-16-21(31-24)33-12-10-11-20(17-33)35-15-14-32(7)25(35)37/h16,18-20H,8-15,17H2,1-7H3,(H2,28,36)(H,30,31)/t18-,19?,20+/m1/s1. The van der Waals surface area contributed by atoms with E-state index < -0.39 is 11.5 Å². The molecular weight excluding hydrogens is 500 g/mol. The van der Waals surface area contributed by atoms with Gasteiger partial charge in [-0.1, -0.05) is 13.3 Å². The van der Waals surface area contributed by atoms with Gasteiger partial charge in [-0.25, -0.2) is 19.6 Å². The monoisotopic (exact) mass is 546 g/mol. The first-order valence-electron chi connectivity index (χ1n) is 14.0. The summed E-state index contributed by atoms with van der Waals surface area (Å²) < 4.78 is 5.66. The number of aromatic nitrogens is 2. The molecule has 0 radical (unpaired) electrons. The SMILES string of the molecule is CCCCN(C(=O)OC(C)(C)C)C(C)[C@@H](C)Nc1nc(N2CCC[C@H](N3CCN(C)C3=O)C2)cnc1C(N)=O. The molecule has 1 aromatic heterocycles. The molecule has 0 spiro atoms. The van der Waals surface area contributed by atoms with E-state index in [1.54, 1.807) is 16.0 Å². The van der Waals surface area contributed by atoms with Crippen LogP contribution in [0, 0.1) is 0 Å². The molecule has 4 amide bonds. The number of primary amides is 1. The topological polar surface area (TPSA) is 137 Å². The van der Waals surface area contributed by atoms with Gasteiger partial charge in [-0.05, 0) is 53.9 Å². The van der Waals surface area contributed by atoms with E-state index in [0.717, 1.165) is 38.8 Å². The van der Waals surface area contributed by atoms with Crippen LogP contribution in [0.5, 0.6) is 0 Å². The van der Waals surface area contributed by atoms with Gasteiger partial charge < -0.3 is 35.4 Å². The zero-order valence-electron chi connectivity index (χ0n) is 24.6. The number of carbonyl (C=O) groups is 3. The average molecular weight is 547 g/mol. The Morgan fingerprint density at radius 2 is 1.97 bits per heavy atom. The Bertz CT molecular complexity index is 1030. The molecule has 3 rings (SSSR count).